The lowest BCUT2D eigenvalue weighted by Crippen LogP contribution is -1.94. The summed E-state index contributed by atoms with van der Waals surface area (Å²) in [6.07, 6.45) is 2.27. The average molecular weight is 503 g/mol. The number of benzene rings is 5. The van der Waals surface area contributed by atoms with Gasteiger partial charge in [-0.2, -0.15) is 0 Å². The van der Waals surface area contributed by atoms with Crippen LogP contribution in [0.1, 0.15) is 18.2 Å². The molecular formula is C36H26N2O. The number of para-hydroxylation sites is 4. The van der Waals surface area contributed by atoms with Crippen LogP contribution in [0.5, 0.6) is 0 Å². The molecule has 39 heavy (non-hydrogen) atoms. The molecule has 3 nitrogen and oxygen atoms in total. The van der Waals surface area contributed by atoms with Crippen molar-refractivity contribution in [3.05, 3.63) is 127 Å². The maximum absolute atomic E-state index is 6.28. The Kier molecular flexibility index (Phi) is 4.65. The zero-order chi connectivity index (χ0) is 26.1. The Bertz CT molecular complexity index is 2150. The Morgan fingerprint density at radius 2 is 1.08 bits per heavy atom. The van der Waals surface area contributed by atoms with Gasteiger partial charge in [0.1, 0.15) is 11.3 Å². The zero-order valence-corrected chi connectivity index (χ0v) is 21.8. The van der Waals surface area contributed by atoms with Crippen LogP contribution in [0, 0.1) is 6.92 Å². The highest BCUT2D eigenvalue weighted by Crippen LogP contribution is 2.37. The number of fused-ring (bicyclic) bond motifs is 7. The molecule has 0 unspecified atom stereocenters. The molecule has 0 radical (unpaired) electrons. The van der Waals surface area contributed by atoms with Gasteiger partial charge in [-0.1, -0.05) is 72.8 Å². The van der Waals surface area contributed by atoms with Gasteiger partial charge in [-0.25, -0.2) is 0 Å². The summed E-state index contributed by atoms with van der Waals surface area (Å²) in [6.45, 7) is 4.25. The van der Waals surface area contributed by atoms with Gasteiger partial charge in [-0.3, -0.25) is 0 Å². The van der Waals surface area contributed by atoms with Crippen LogP contribution in [0.15, 0.2) is 120 Å². The topological polar surface area (TPSA) is 23.0 Å². The molecule has 0 fully saturated rings. The smallest absolute Gasteiger partial charge is 0.135 e. The number of rotatable bonds is 3. The van der Waals surface area contributed by atoms with E-state index in [0.29, 0.717) is 0 Å². The van der Waals surface area contributed by atoms with Crippen LogP contribution in [-0.2, 0) is 0 Å². The van der Waals surface area contributed by atoms with Crippen LogP contribution in [-0.4, -0.2) is 9.13 Å². The number of allylic oxidation sites excluding steroid dienone is 1. The highest BCUT2D eigenvalue weighted by molar-refractivity contribution is 6.11. The number of furan rings is 1. The molecule has 0 N–H and O–H groups in total. The predicted octanol–water partition coefficient (Wildman–Crippen LogP) is 9.96. The molecule has 0 saturated heterocycles. The van der Waals surface area contributed by atoms with Gasteiger partial charge in [0.25, 0.3) is 0 Å². The molecule has 0 atom stereocenters. The third kappa shape index (κ3) is 3.17. The van der Waals surface area contributed by atoms with E-state index in [2.05, 4.69) is 144 Å². The van der Waals surface area contributed by atoms with Crippen LogP contribution < -0.4 is 0 Å². The van der Waals surface area contributed by atoms with Gasteiger partial charge in [-0.05, 0) is 62.4 Å². The second-order valence-corrected chi connectivity index (χ2v) is 10.3. The molecule has 0 aliphatic carbocycles. The molecule has 186 valence electrons. The fourth-order valence-corrected chi connectivity index (χ4v) is 6.32. The summed E-state index contributed by atoms with van der Waals surface area (Å²) >= 11 is 0. The van der Waals surface area contributed by atoms with E-state index in [-0.39, 0.29) is 0 Å². The summed E-state index contributed by atoms with van der Waals surface area (Å²) in [7, 11) is 0. The van der Waals surface area contributed by atoms with E-state index in [1.165, 1.54) is 43.6 Å². The van der Waals surface area contributed by atoms with Crippen molar-refractivity contribution < 1.29 is 4.42 Å². The molecule has 0 saturated carbocycles. The monoisotopic (exact) mass is 502 g/mol. The number of hydrogen-bond donors (Lipinski definition) is 0. The summed E-state index contributed by atoms with van der Waals surface area (Å²) in [4.78, 5) is 0. The summed E-state index contributed by atoms with van der Waals surface area (Å²) in [5.41, 5.74) is 9.14. The number of hydrogen-bond acceptors (Lipinski definition) is 1. The molecule has 0 aliphatic heterocycles. The van der Waals surface area contributed by atoms with Crippen molar-refractivity contribution in [3.8, 4) is 5.69 Å². The lowest BCUT2D eigenvalue weighted by Gasteiger charge is -2.09. The Balaban J connectivity index is 1.36. The first kappa shape index (κ1) is 22.0. The van der Waals surface area contributed by atoms with E-state index in [1.807, 2.05) is 0 Å². The van der Waals surface area contributed by atoms with Crippen molar-refractivity contribution in [1.29, 1.82) is 0 Å². The summed E-state index contributed by atoms with van der Waals surface area (Å²) in [5.74, 6) is 0.921. The van der Waals surface area contributed by atoms with Crippen molar-refractivity contribution in [2.45, 2.75) is 13.8 Å². The third-order valence-electron chi connectivity index (χ3n) is 8.02. The van der Waals surface area contributed by atoms with E-state index >= 15 is 0 Å². The molecule has 0 bridgehead atoms. The van der Waals surface area contributed by atoms with Gasteiger partial charge in [-0.15, -0.1) is 0 Å². The van der Waals surface area contributed by atoms with Crippen LogP contribution in [0.25, 0.3) is 72.0 Å². The van der Waals surface area contributed by atoms with Gasteiger partial charge in [0, 0.05) is 43.9 Å². The standard InChI is InChI=1S/C36H26N2O/c1-23(37-32-15-7-3-11-26(32)27-12-4-8-16-33(27)37)21-30-24(2)39-36-20-19-25(22-31(30)36)38-34-17-9-5-13-28(34)29-14-6-10-18-35(29)38/h3-22H,1-2H3/b23-21+. The molecular weight excluding hydrogens is 476 g/mol. The fourth-order valence-electron chi connectivity index (χ4n) is 6.32. The molecule has 3 aromatic heterocycles. The van der Waals surface area contributed by atoms with Gasteiger partial charge < -0.3 is 13.6 Å². The first-order valence-corrected chi connectivity index (χ1v) is 13.4. The Hall–Kier alpha value is -5.02. The molecule has 8 rings (SSSR count). The van der Waals surface area contributed by atoms with Crippen molar-refractivity contribution in [1.82, 2.24) is 9.13 Å². The van der Waals surface area contributed by atoms with E-state index in [0.717, 1.165) is 33.7 Å². The Morgan fingerprint density at radius 1 is 0.590 bits per heavy atom. The minimum Gasteiger partial charge on any atom is -0.461 e. The lowest BCUT2D eigenvalue weighted by molar-refractivity contribution is 0.577. The average Bonchev–Trinajstić information content (AvgIpc) is 3.60. The van der Waals surface area contributed by atoms with Crippen LogP contribution in [0.4, 0.5) is 0 Å². The lowest BCUT2D eigenvalue weighted by atomic mass is 10.1. The minimum atomic E-state index is 0.901. The molecule has 0 amide bonds. The number of nitrogens with zero attached hydrogens (tertiary/aromatic N) is 2. The summed E-state index contributed by atoms with van der Waals surface area (Å²) < 4.78 is 11.0. The second-order valence-electron chi connectivity index (χ2n) is 10.3. The largest absolute Gasteiger partial charge is 0.461 e. The van der Waals surface area contributed by atoms with E-state index < -0.39 is 0 Å². The predicted molar refractivity (Wildman–Crippen MR) is 165 cm³/mol. The van der Waals surface area contributed by atoms with Crippen molar-refractivity contribution in [2.24, 2.45) is 0 Å². The first-order chi connectivity index (χ1) is 19.2. The van der Waals surface area contributed by atoms with Gasteiger partial charge >= 0.3 is 0 Å². The highest BCUT2D eigenvalue weighted by atomic mass is 16.3. The minimum absolute atomic E-state index is 0.901. The van der Waals surface area contributed by atoms with E-state index in [4.69, 9.17) is 4.42 Å². The van der Waals surface area contributed by atoms with E-state index in [9.17, 15) is 0 Å². The second kappa shape index (κ2) is 8.24. The first-order valence-electron chi connectivity index (χ1n) is 13.4. The van der Waals surface area contributed by atoms with Crippen LogP contribution in [0.3, 0.4) is 0 Å². The Labute approximate surface area is 225 Å². The van der Waals surface area contributed by atoms with Gasteiger partial charge in [0.05, 0.1) is 22.1 Å². The third-order valence-corrected chi connectivity index (χ3v) is 8.02. The van der Waals surface area contributed by atoms with Crippen LogP contribution >= 0.6 is 0 Å². The highest BCUT2D eigenvalue weighted by Gasteiger charge is 2.16. The molecule has 0 aliphatic rings. The molecule has 3 heteroatoms. The fraction of sp³-hybridized carbons (Fsp3) is 0.0556. The van der Waals surface area contributed by atoms with Crippen molar-refractivity contribution in [2.75, 3.05) is 0 Å². The van der Waals surface area contributed by atoms with Crippen molar-refractivity contribution in [3.63, 3.8) is 0 Å². The van der Waals surface area contributed by atoms with Crippen LogP contribution in [0.2, 0.25) is 0 Å². The van der Waals surface area contributed by atoms with Gasteiger partial charge in [0.2, 0.25) is 0 Å². The molecule has 8 aromatic rings. The maximum Gasteiger partial charge on any atom is 0.135 e. The van der Waals surface area contributed by atoms with E-state index in [1.54, 1.807) is 0 Å². The summed E-state index contributed by atoms with van der Waals surface area (Å²) in [6, 6.07) is 41.1. The molecule has 0 spiro atoms. The Morgan fingerprint density at radius 3 is 1.64 bits per heavy atom. The normalized spacial score (nSPS) is 12.5. The number of aromatic nitrogens is 2. The molecule has 3 heterocycles. The maximum atomic E-state index is 6.28. The van der Waals surface area contributed by atoms with Gasteiger partial charge in [0.15, 0.2) is 0 Å². The van der Waals surface area contributed by atoms with Crippen molar-refractivity contribution >= 4 is 66.4 Å². The molecule has 5 aromatic carbocycles. The SMILES string of the molecule is C/C(=C\c1c(C)oc2ccc(-n3c4ccccc4c4ccccc43)cc12)n1c2ccccc2c2ccccc21. The number of aryl methyl sites for hydroxylation is 1. The quantitative estimate of drug-likeness (QED) is 0.236. The summed E-state index contributed by atoms with van der Waals surface area (Å²) in [5, 5.41) is 6.18. The zero-order valence-electron chi connectivity index (χ0n) is 21.8.